The summed E-state index contributed by atoms with van der Waals surface area (Å²) in [5, 5.41) is 3.02. The number of benzene rings is 1. The van der Waals surface area contributed by atoms with Gasteiger partial charge in [0, 0.05) is 23.5 Å². The van der Waals surface area contributed by atoms with Gasteiger partial charge in [-0.15, -0.1) is 0 Å². The number of carbonyl (C=O) groups is 1. The Bertz CT molecular complexity index is 1030. The number of carbonyl (C=O) groups excluding carboxylic acids is 1. The first-order valence-corrected chi connectivity index (χ1v) is 7.67. The van der Waals surface area contributed by atoms with E-state index in [9.17, 15) is 22.8 Å². The number of nitrogens with zero attached hydrogens (tertiary/aromatic N) is 2. The summed E-state index contributed by atoms with van der Waals surface area (Å²) in [6.45, 7) is 0.186. The van der Waals surface area contributed by atoms with E-state index in [1.807, 2.05) is 0 Å². The number of nitrogens with one attached hydrogen (secondary N) is 1. The van der Waals surface area contributed by atoms with Crippen molar-refractivity contribution in [3.63, 3.8) is 0 Å². The SMILES string of the molecule is Cc1ccc2cc(C(=O)Nc3ccncc3)n(CC(F)(F)F)c(=O)c2c1. The monoisotopic (exact) mass is 361 g/mol. The second-order valence-electron chi connectivity index (χ2n) is 5.82. The summed E-state index contributed by atoms with van der Waals surface area (Å²) < 4.78 is 39.4. The van der Waals surface area contributed by atoms with Crippen LogP contribution in [-0.2, 0) is 6.54 Å². The number of pyridine rings is 2. The number of aromatic nitrogens is 2. The van der Waals surface area contributed by atoms with Crippen molar-refractivity contribution < 1.29 is 18.0 Å². The van der Waals surface area contributed by atoms with Gasteiger partial charge in [0.15, 0.2) is 0 Å². The average Bonchev–Trinajstić information content (AvgIpc) is 2.57. The molecule has 3 aromatic rings. The van der Waals surface area contributed by atoms with Gasteiger partial charge in [-0.2, -0.15) is 13.2 Å². The third-order valence-electron chi connectivity index (χ3n) is 3.78. The van der Waals surface area contributed by atoms with Crippen molar-refractivity contribution >= 4 is 22.4 Å². The fourth-order valence-electron chi connectivity index (χ4n) is 2.62. The maximum Gasteiger partial charge on any atom is 0.406 e. The van der Waals surface area contributed by atoms with Crippen LogP contribution in [0.3, 0.4) is 0 Å². The Balaban J connectivity index is 2.15. The Labute approximate surface area is 146 Å². The molecule has 1 N–H and O–H groups in total. The fourth-order valence-corrected chi connectivity index (χ4v) is 2.62. The highest BCUT2D eigenvalue weighted by Crippen LogP contribution is 2.21. The summed E-state index contributed by atoms with van der Waals surface area (Å²) in [5.74, 6) is -0.806. The first-order valence-electron chi connectivity index (χ1n) is 7.67. The van der Waals surface area contributed by atoms with Crippen molar-refractivity contribution in [3.8, 4) is 0 Å². The molecule has 2 aromatic heterocycles. The number of halogens is 3. The Kier molecular flexibility index (Phi) is 4.50. The zero-order valence-electron chi connectivity index (χ0n) is 13.7. The van der Waals surface area contributed by atoms with Gasteiger partial charge < -0.3 is 5.32 Å². The lowest BCUT2D eigenvalue weighted by Gasteiger charge is -2.16. The third kappa shape index (κ3) is 3.74. The molecule has 0 unspecified atom stereocenters. The number of hydrogen-bond acceptors (Lipinski definition) is 3. The van der Waals surface area contributed by atoms with Gasteiger partial charge >= 0.3 is 6.18 Å². The van der Waals surface area contributed by atoms with Gasteiger partial charge in [0.25, 0.3) is 11.5 Å². The molecular formula is C18H14F3N3O2. The normalized spacial score (nSPS) is 11.5. The van der Waals surface area contributed by atoms with E-state index in [0.29, 0.717) is 15.6 Å². The zero-order chi connectivity index (χ0) is 18.9. The molecule has 0 saturated heterocycles. The van der Waals surface area contributed by atoms with Crippen molar-refractivity contribution in [1.82, 2.24) is 9.55 Å². The number of hydrogen-bond donors (Lipinski definition) is 1. The number of amides is 1. The van der Waals surface area contributed by atoms with Crippen LogP contribution >= 0.6 is 0 Å². The number of aryl methyl sites for hydroxylation is 1. The maximum atomic E-state index is 13.0. The van der Waals surface area contributed by atoms with E-state index in [1.54, 1.807) is 19.1 Å². The van der Waals surface area contributed by atoms with Gasteiger partial charge in [0.05, 0.1) is 0 Å². The molecule has 2 heterocycles. The Morgan fingerprint density at radius 3 is 2.50 bits per heavy atom. The van der Waals surface area contributed by atoms with E-state index in [-0.39, 0.29) is 11.1 Å². The van der Waals surface area contributed by atoms with E-state index < -0.39 is 24.2 Å². The maximum absolute atomic E-state index is 13.0. The van der Waals surface area contributed by atoms with Gasteiger partial charge in [0.2, 0.25) is 0 Å². The molecule has 0 aliphatic rings. The summed E-state index contributed by atoms with van der Waals surface area (Å²) in [5.41, 5.74) is -0.119. The number of rotatable bonds is 3. The lowest BCUT2D eigenvalue weighted by atomic mass is 10.1. The molecule has 0 aliphatic carbocycles. The molecule has 0 saturated carbocycles. The van der Waals surface area contributed by atoms with Crippen LogP contribution in [0, 0.1) is 6.92 Å². The zero-order valence-corrected chi connectivity index (χ0v) is 13.7. The molecule has 1 aromatic carbocycles. The first kappa shape index (κ1) is 17.7. The Morgan fingerprint density at radius 2 is 1.85 bits per heavy atom. The van der Waals surface area contributed by atoms with Crippen LogP contribution in [-0.4, -0.2) is 21.6 Å². The molecule has 134 valence electrons. The third-order valence-corrected chi connectivity index (χ3v) is 3.78. The highest BCUT2D eigenvalue weighted by Gasteiger charge is 2.31. The van der Waals surface area contributed by atoms with Crippen molar-refractivity contribution in [2.45, 2.75) is 19.6 Å². The molecule has 0 bridgehead atoms. The van der Waals surface area contributed by atoms with Crippen molar-refractivity contribution in [3.05, 3.63) is 70.4 Å². The molecular weight excluding hydrogens is 347 g/mol. The van der Waals surface area contributed by atoms with Gasteiger partial charge in [-0.25, -0.2) is 0 Å². The molecule has 8 heteroatoms. The molecule has 3 rings (SSSR count). The second-order valence-corrected chi connectivity index (χ2v) is 5.82. The van der Waals surface area contributed by atoms with E-state index in [4.69, 9.17) is 0 Å². The molecule has 0 radical (unpaired) electrons. The van der Waals surface area contributed by atoms with Crippen molar-refractivity contribution in [2.24, 2.45) is 0 Å². The minimum atomic E-state index is -4.65. The quantitative estimate of drug-likeness (QED) is 0.776. The molecule has 5 nitrogen and oxygen atoms in total. The van der Waals surface area contributed by atoms with Crippen molar-refractivity contribution in [1.29, 1.82) is 0 Å². The van der Waals surface area contributed by atoms with Crippen LogP contribution < -0.4 is 10.9 Å². The predicted molar refractivity (Wildman–Crippen MR) is 91.2 cm³/mol. The minimum Gasteiger partial charge on any atom is -0.321 e. The summed E-state index contributed by atoms with van der Waals surface area (Å²) in [6.07, 6.45) is -1.78. The van der Waals surface area contributed by atoms with Gasteiger partial charge in [-0.3, -0.25) is 19.1 Å². The summed E-state index contributed by atoms with van der Waals surface area (Å²) in [7, 11) is 0. The fraction of sp³-hybridized carbons (Fsp3) is 0.167. The molecule has 26 heavy (non-hydrogen) atoms. The van der Waals surface area contributed by atoms with Gasteiger partial charge in [-0.05, 0) is 36.6 Å². The van der Waals surface area contributed by atoms with Crippen LogP contribution in [0.5, 0.6) is 0 Å². The van der Waals surface area contributed by atoms with E-state index in [1.165, 1.54) is 36.7 Å². The minimum absolute atomic E-state index is 0.134. The average molecular weight is 361 g/mol. The Hall–Kier alpha value is -3.16. The van der Waals surface area contributed by atoms with Crippen LogP contribution in [0.4, 0.5) is 18.9 Å². The largest absolute Gasteiger partial charge is 0.406 e. The van der Waals surface area contributed by atoms with Crippen LogP contribution in [0.25, 0.3) is 10.8 Å². The molecule has 0 spiro atoms. The lowest BCUT2D eigenvalue weighted by molar-refractivity contribution is -0.141. The smallest absolute Gasteiger partial charge is 0.321 e. The molecule has 0 atom stereocenters. The summed E-state index contributed by atoms with van der Waals surface area (Å²) in [6, 6.07) is 9.12. The van der Waals surface area contributed by atoms with E-state index >= 15 is 0 Å². The van der Waals surface area contributed by atoms with E-state index in [2.05, 4.69) is 10.3 Å². The highest BCUT2D eigenvalue weighted by molar-refractivity contribution is 6.05. The van der Waals surface area contributed by atoms with Crippen molar-refractivity contribution in [2.75, 3.05) is 5.32 Å². The molecule has 0 fully saturated rings. The summed E-state index contributed by atoms with van der Waals surface area (Å²) >= 11 is 0. The highest BCUT2D eigenvalue weighted by atomic mass is 19.4. The van der Waals surface area contributed by atoms with Crippen LogP contribution in [0.1, 0.15) is 16.1 Å². The standard InChI is InChI=1S/C18H14F3N3O2/c1-11-2-3-12-9-15(16(25)23-13-4-6-22-7-5-13)24(10-18(19,20)21)17(26)14(12)8-11/h2-9H,10H2,1H3,(H,22,23,25). The topological polar surface area (TPSA) is 64.0 Å². The van der Waals surface area contributed by atoms with E-state index in [0.717, 1.165) is 5.56 Å². The predicted octanol–water partition coefficient (Wildman–Crippen LogP) is 3.52. The summed E-state index contributed by atoms with van der Waals surface area (Å²) in [4.78, 5) is 28.9. The Morgan fingerprint density at radius 1 is 1.15 bits per heavy atom. The molecule has 0 aliphatic heterocycles. The first-order chi connectivity index (χ1) is 12.2. The lowest BCUT2D eigenvalue weighted by Crippen LogP contribution is -2.33. The second kappa shape index (κ2) is 6.62. The number of alkyl halides is 3. The van der Waals surface area contributed by atoms with Crippen LogP contribution in [0.2, 0.25) is 0 Å². The number of fused-ring (bicyclic) bond motifs is 1. The number of anilines is 1. The van der Waals surface area contributed by atoms with Crippen LogP contribution in [0.15, 0.2) is 53.6 Å². The van der Waals surface area contributed by atoms with Gasteiger partial charge in [0.1, 0.15) is 12.2 Å². The van der Waals surface area contributed by atoms with Gasteiger partial charge in [-0.1, -0.05) is 17.7 Å². The molecule has 1 amide bonds.